The predicted molar refractivity (Wildman–Crippen MR) is 114 cm³/mol. The first-order chi connectivity index (χ1) is 15.6. The van der Waals surface area contributed by atoms with Gasteiger partial charge in [-0.3, -0.25) is 5.32 Å². The number of benzene rings is 1. The van der Waals surface area contributed by atoms with E-state index >= 15 is 0 Å². The highest BCUT2D eigenvalue weighted by molar-refractivity contribution is 6.67. The van der Waals surface area contributed by atoms with Gasteiger partial charge in [0.15, 0.2) is 0 Å². The maximum atomic E-state index is 15.0. The van der Waals surface area contributed by atoms with Crippen molar-refractivity contribution in [1.29, 1.82) is 0 Å². The second-order valence-electron chi connectivity index (χ2n) is 7.27. The second-order valence-corrected chi connectivity index (χ2v) is 7.66. The molecule has 1 aliphatic rings. The normalized spacial score (nSPS) is 19.8. The minimum absolute atomic E-state index is 0.0531. The molecule has 0 fully saturated rings. The number of rotatable bonds is 8. The summed E-state index contributed by atoms with van der Waals surface area (Å²) in [5, 5.41) is 8.75. The molecule has 0 saturated heterocycles. The Morgan fingerprint density at radius 2 is 1.94 bits per heavy atom. The Balaban J connectivity index is 1.96. The van der Waals surface area contributed by atoms with E-state index in [-0.39, 0.29) is 23.5 Å². The molecule has 2 heterocycles. The van der Waals surface area contributed by atoms with Gasteiger partial charge in [0.05, 0.1) is 12.5 Å². The van der Waals surface area contributed by atoms with E-state index in [1.165, 1.54) is 17.1 Å². The number of hydrogen-bond acceptors (Lipinski definition) is 6. The van der Waals surface area contributed by atoms with Crippen LogP contribution in [-0.4, -0.2) is 59.5 Å². The van der Waals surface area contributed by atoms with Crippen molar-refractivity contribution in [2.45, 2.75) is 37.6 Å². The van der Waals surface area contributed by atoms with Crippen LogP contribution in [-0.2, 0) is 0 Å². The monoisotopic (exact) mass is 492 g/mol. The first-order valence-corrected chi connectivity index (χ1v) is 10.4. The second kappa shape index (κ2) is 10.6. The third-order valence-electron chi connectivity index (χ3n) is 4.86. The molecule has 1 aromatic carbocycles. The average molecular weight is 493 g/mol. The van der Waals surface area contributed by atoms with Gasteiger partial charge in [0.25, 0.3) is 0 Å². The summed E-state index contributed by atoms with van der Waals surface area (Å²) < 4.78 is 76.2. The lowest BCUT2D eigenvalue weighted by Crippen LogP contribution is -2.50. The molecule has 2 N–H and O–H groups in total. The number of halogens is 6. The third kappa shape index (κ3) is 6.06. The van der Waals surface area contributed by atoms with Crippen LogP contribution in [0.15, 0.2) is 40.6 Å². The molecule has 180 valence electrons. The molecule has 0 radical (unpaired) electrons. The van der Waals surface area contributed by atoms with Crippen LogP contribution in [0.3, 0.4) is 0 Å². The van der Waals surface area contributed by atoms with Crippen molar-refractivity contribution in [3.63, 3.8) is 0 Å². The van der Waals surface area contributed by atoms with Crippen LogP contribution in [0.4, 0.5) is 22.0 Å². The molecule has 13 heteroatoms. The van der Waals surface area contributed by atoms with E-state index in [0.717, 1.165) is 19.1 Å². The number of hydrogen-bond donors (Lipinski definition) is 2. The smallest absolute Gasteiger partial charge is 0.403 e. The van der Waals surface area contributed by atoms with Gasteiger partial charge in [-0.05, 0) is 33.0 Å². The van der Waals surface area contributed by atoms with Crippen molar-refractivity contribution in [3.05, 3.63) is 47.8 Å². The van der Waals surface area contributed by atoms with Gasteiger partial charge in [0.1, 0.15) is 34.8 Å². The molecule has 3 rings (SSSR count). The quantitative estimate of drug-likeness (QED) is 0.436. The minimum atomic E-state index is -4.63. The lowest BCUT2D eigenvalue weighted by Gasteiger charge is -2.31. The van der Waals surface area contributed by atoms with E-state index < -0.39 is 41.5 Å². The van der Waals surface area contributed by atoms with E-state index in [2.05, 4.69) is 25.7 Å². The Labute approximate surface area is 191 Å². The highest BCUT2D eigenvalue weighted by Crippen LogP contribution is 2.35. The lowest BCUT2D eigenvalue weighted by atomic mass is 9.94. The lowest BCUT2D eigenvalue weighted by molar-refractivity contribution is -0.153. The van der Waals surface area contributed by atoms with Crippen LogP contribution in [0.5, 0.6) is 5.75 Å². The highest BCUT2D eigenvalue weighted by Gasteiger charge is 2.42. The van der Waals surface area contributed by atoms with E-state index in [9.17, 15) is 22.0 Å². The Bertz CT molecular complexity index is 988. The molecule has 0 bridgehead atoms. The van der Waals surface area contributed by atoms with Crippen LogP contribution in [0.25, 0.3) is 0 Å². The molecule has 0 aliphatic carbocycles. The number of ether oxygens (including phenoxy) is 1. The van der Waals surface area contributed by atoms with Gasteiger partial charge < -0.3 is 10.1 Å². The molecule has 33 heavy (non-hydrogen) atoms. The topological polar surface area (TPSA) is 75.8 Å². The van der Waals surface area contributed by atoms with Gasteiger partial charge in [-0.1, -0.05) is 11.6 Å². The molecule has 2 aromatic rings. The Morgan fingerprint density at radius 1 is 1.24 bits per heavy atom. The first-order valence-electron chi connectivity index (χ1n) is 10.0. The van der Waals surface area contributed by atoms with Crippen LogP contribution in [0.1, 0.15) is 24.8 Å². The van der Waals surface area contributed by atoms with Crippen LogP contribution in [0, 0.1) is 11.6 Å². The number of alkyl halides is 3. The van der Waals surface area contributed by atoms with Crippen molar-refractivity contribution in [2.75, 3.05) is 20.2 Å². The third-order valence-corrected chi connectivity index (χ3v) is 5.18. The van der Waals surface area contributed by atoms with Crippen molar-refractivity contribution in [1.82, 2.24) is 20.4 Å². The van der Waals surface area contributed by atoms with Crippen molar-refractivity contribution in [3.8, 4) is 5.75 Å². The predicted octanol–water partition coefficient (Wildman–Crippen LogP) is 3.65. The molecular weight excluding hydrogens is 471 g/mol. The fraction of sp³-hybridized carbons (Fsp3) is 0.450. The molecular formula is C20H22ClF5N6O. The maximum Gasteiger partial charge on any atom is 0.403 e. The summed E-state index contributed by atoms with van der Waals surface area (Å²) in [6, 6.07) is 1.42. The zero-order valence-corrected chi connectivity index (χ0v) is 18.5. The SMILES string of the molecule is CNCCCOc1cc(F)c(C2C(Cl)=NC(n3cccn3)=NC2N[C@@H](C)C(F)(F)F)c(F)c1. The van der Waals surface area contributed by atoms with Gasteiger partial charge in [0, 0.05) is 30.1 Å². The van der Waals surface area contributed by atoms with Gasteiger partial charge in [0.2, 0.25) is 5.96 Å². The van der Waals surface area contributed by atoms with Gasteiger partial charge in [-0.2, -0.15) is 18.3 Å². The number of nitrogens with zero attached hydrogens (tertiary/aromatic N) is 4. The largest absolute Gasteiger partial charge is 0.493 e. The fourth-order valence-corrected chi connectivity index (χ4v) is 3.47. The summed E-state index contributed by atoms with van der Waals surface area (Å²) in [5.74, 6) is -3.71. The molecule has 0 amide bonds. The number of aliphatic imine (C=N–C) groups is 2. The van der Waals surface area contributed by atoms with Gasteiger partial charge in [-0.15, -0.1) is 0 Å². The first kappa shape index (κ1) is 25.1. The average Bonchev–Trinajstić information content (AvgIpc) is 3.26. The van der Waals surface area contributed by atoms with E-state index in [1.54, 1.807) is 13.1 Å². The summed E-state index contributed by atoms with van der Waals surface area (Å²) in [7, 11) is 1.76. The number of nitrogens with one attached hydrogen (secondary N) is 2. The zero-order chi connectivity index (χ0) is 24.2. The summed E-state index contributed by atoms with van der Waals surface area (Å²) in [6.45, 7) is 1.74. The summed E-state index contributed by atoms with van der Waals surface area (Å²) >= 11 is 6.26. The van der Waals surface area contributed by atoms with Crippen LogP contribution >= 0.6 is 11.6 Å². The summed E-state index contributed by atoms with van der Waals surface area (Å²) in [6.07, 6.45) is -2.63. The van der Waals surface area contributed by atoms with Gasteiger partial charge in [-0.25, -0.2) is 23.4 Å². The molecule has 0 saturated carbocycles. The van der Waals surface area contributed by atoms with Crippen LogP contribution < -0.4 is 15.4 Å². The molecule has 7 nitrogen and oxygen atoms in total. The van der Waals surface area contributed by atoms with Crippen molar-refractivity contribution in [2.24, 2.45) is 9.98 Å². The maximum absolute atomic E-state index is 15.0. The minimum Gasteiger partial charge on any atom is -0.493 e. The molecule has 2 unspecified atom stereocenters. The molecule has 3 atom stereocenters. The molecule has 1 aliphatic heterocycles. The van der Waals surface area contributed by atoms with Crippen LogP contribution in [0.2, 0.25) is 0 Å². The zero-order valence-electron chi connectivity index (χ0n) is 17.7. The standard InChI is InChI=1S/C20H22ClF5N6O/c1-11(20(24,25)26)29-18-16(17(21)30-19(31-18)32-7-3-6-28-32)15-13(22)9-12(10-14(15)23)33-8-4-5-27-2/h3,6-7,9-11,16,18,27,29H,4-5,8H2,1-2H3/t11-,16?,18?/m0/s1. The van der Waals surface area contributed by atoms with Gasteiger partial charge >= 0.3 is 6.18 Å². The number of aromatic nitrogens is 2. The van der Waals surface area contributed by atoms with Crippen molar-refractivity contribution >= 4 is 22.7 Å². The van der Waals surface area contributed by atoms with E-state index in [0.29, 0.717) is 13.0 Å². The molecule has 1 aromatic heterocycles. The summed E-state index contributed by atoms with van der Waals surface area (Å²) in [4.78, 5) is 8.14. The summed E-state index contributed by atoms with van der Waals surface area (Å²) in [5.41, 5.74) is -0.568. The fourth-order valence-electron chi connectivity index (χ4n) is 3.16. The Hall–Kier alpha value is -2.57. The van der Waals surface area contributed by atoms with Crippen molar-refractivity contribution < 1.29 is 26.7 Å². The Kier molecular flexibility index (Phi) is 8.03. The van der Waals surface area contributed by atoms with E-state index in [1.807, 2.05) is 0 Å². The molecule has 0 spiro atoms. The van der Waals surface area contributed by atoms with E-state index in [4.69, 9.17) is 16.3 Å². The Morgan fingerprint density at radius 3 is 2.52 bits per heavy atom. The highest BCUT2D eigenvalue weighted by atomic mass is 35.5.